The third-order valence-corrected chi connectivity index (χ3v) is 4.70. The number of benzene rings is 1. The molecule has 2 rings (SSSR count). The second-order valence-corrected chi connectivity index (χ2v) is 5.96. The van der Waals surface area contributed by atoms with E-state index in [1.807, 2.05) is 6.07 Å². The lowest BCUT2D eigenvalue weighted by atomic mass is 9.83. The van der Waals surface area contributed by atoms with Gasteiger partial charge in [0.1, 0.15) is 0 Å². The number of hydrogen-bond acceptors (Lipinski definition) is 3. The maximum absolute atomic E-state index is 11.0. The lowest BCUT2D eigenvalue weighted by Crippen LogP contribution is -2.39. The highest BCUT2D eigenvalue weighted by molar-refractivity contribution is 5.90. The van der Waals surface area contributed by atoms with Crippen LogP contribution in [-0.4, -0.2) is 23.7 Å². The number of hydrogen-bond donors (Lipinski definition) is 2. The number of nitrogen functional groups attached to an aromatic ring is 1. The Labute approximate surface area is 126 Å². The van der Waals surface area contributed by atoms with Gasteiger partial charge in [0.15, 0.2) is 0 Å². The fraction of sp³-hybridized carbons (Fsp3) is 0.588. The van der Waals surface area contributed by atoms with Crippen LogP contribution in [0.2, 0.25) is 0 Å². The summed E-state index contributed by atoms with van der Waals surface area (Å²) in [5.41, 5.74) is 7.90. The molecule has 2 unspecified atom stereocenters. The van der Waals surface area contributed by atoms with Crippen LogP contribution in [-0.2, 0) is 0 Å². The van der Waals surface area contributed by atoms with Crippen LogP contribution in [0.25, 0.3) is 0 Å². The van der Waals surface area contributed by atoms with Gasteiger partial charge in [0, 0.05) is 12.6 Å². The largest absolute Gasteiger partial charge is 0.478 e. The lowest BCUT2D eigenvalue weighted by Gasteiger charge is -2.39. The van der Waals surface area contributed by atoms with Gasteiger partial charge in [-0.2, -0.15) is 0 Å². The van der Waals surface area contributed by atoms with Crippen molar-refractivity contribution in [2.45, 2.75) is 52.0 Å². The lowest BCUT2D eigenvalue weighted by molar-refractivity contribution is 0.0697. The maximum atomic E-state index is 11.0. The van der Waals surface area contributed by atoms with E-state index in [-0.39, 0.29) is 5.56 Å². The standard InChI is InChI=1S/C17H26N2O2/c1-3-12-6-5-7-14(10-12)19(4-2)16-9-8-13(17(20)21)11-15(16)18/h8-9,11-12,14H,3-7,10,18H2,1-2H3,(H,20,21). The minimum atomic E-state index is -0.931. The molecule has 1 saturated carbocycles. The first kappa shape index (κ1) is 15.7. The molecule has 0 spiro atoms. The van der Waals surface area contributed by atoms with Crippen LogP contribution in [0.3, 0.4) is 0 Å². The molecule has 4 nitrogen and oxygen atoms in total. The van der Waals surface area contributed by atoms with Crippen molar-refractivity contribution in [1.29, 1.82) is 0 Å². The van der Waals surface area contributed by atoms with Crippen molar-refractivity contribution in [3.05, 3.63) is 23.8 Å². The number of aromatic carboxylic acids is 1. The molecule has 1 aliphatic rings. The Morgan fingerprint density at radius 3 is 2.71 bits per heavy atom. The number of anilines is 2. The molecule has 1 aromatic carbocycles. The molecule has 21 heavy (non-hydrogen) atoms. The summed E-state index contributed by atoms with van der Waals surface area (Å²) in [7, 11) is 0. The quantitative estimate of drug-likeness (QED) is 0.810. The minimum Gasteiger partial charge on any atom is -0.478 e. The van der Waals surface area contributed by atoms with Crippen LogP contribution in [0, 0.1) is 5.92 Å². The van der Waals surface area contributed by atoms with Crippen LogP contribution in [0.4, 0.5) is 11.4 Å². The van der Waals surface area contributed by atoms with Crippen molar-refractivity contribution in [1.82, 2.24) is 0 Å². The normalized spacial score (nSPS) is 22.0. The fourth-order valence-corrected chi connectivity index (χ4v) is 3.49. The molecular formula is C17H26N2O2. The van der Waals surface area contributed by atoms with E-state index in [2.05, 4.69) is 18.7 Å². The molecule has 0 heterocycles. The van der Waals surface area contributed by atoms with Gasteiger partial charge in [-0.1, -0.05) is 26.2 Å². The number of carboxylic acids is 1. The van der Waals surface area contributed by atoms with Crippen molar-refractivity contribution < 1.29 is 9.90 Å². The predicted octanol–water partition coefficient (Wildman–Crippen LogP) is 3.76. The predicted molar refractivity (Wildman–Crippen MR) is 86.9 cm³/mol. The highest BCUT2D eigenvalue weighted by Crippen LogP contribution is 2.34. The van der Waals surface area contributed by atoms with E-state index < -0.39 is 5.97 Å². The number of carboxylic acid groups (broad SMARTS) is 1. The van der Waals surface area contributed by atoms with Gasteiger partial charge in [-0.15, -0.1) is 0 Å². The second kappa shape index (κ2) is 6.83. The zero-order valence-electron chi connectivity index (χ0n) is 13.0. The molecule has 0 saturated heterocycles. The van der Waals surface area contributed by atoms with Crippen LogP contribution < -0.4 is 10.6 Å². The van der Waals surface area contributed by atoms with Gasteiger partial charge in [0.2, 0.25) is 0 Å². The molecule has 1 aliphatic carbocycles. The summed E-state index contributed by atoms with van der Waals surface area (Å²) in [6.07, 6.45) is 6.25. The van der Waals surface area contributed by atoms with Gasteiger partial charge in [-0.3, -0.25) is 0 Å². The highest BCUT2D eigenvalue weighted by Gasteiger charge is 2.26. The Kier molecular flexibility index (Phi) is 5.10. The Bertz CT molecular complexity index is 502. The number of rotatable bonds is 5. The van der Waals surface area contributed by atoms with Crippen molar-refractivity contribution in [3.63, 3.8) is 0 Å². The maximum Gasteiger partial charge on any atom is 0.335 e. The molecule has 0 bridgehead atoms. The van der Waals surface area contributed by atoms with E-state index in [4.69, 9.17) is 10.8 Å². The number of nitrogens with zero attached hydrogens (tertiary/aromatic N) is 1. The van der Waals surface area contributed by atoms with Crippen LogP contribution in [0.1, 0.15) is 56.3 Å². The highest BCUT2D eigenvalue weighted by atomic mass is 16.4. The minimum absolute atomic E-state index is 0.252. The summed E-state index contributed by atoms with van der Waals surface area (Å²) in [5, 5.41) is 9.04. The summed E-state index contributed by atoms with van der Waals surface area (Å²) in [5.74, 6) is -0.127. The van der Waals surface area contributed by atoms with Crippen LogP contribution >= 0.6 is 0 Å². The molecular weight excluding hydrogens is 264 g/mol. The van der Waals surface area contributed by atoms with Gasteiger partial charge >= 0.3 is 5.97 Å². The van der Waals surface area contributed by atoms with E-state index in [1.54, 1.807) is 12.1 Å². The molecule has 2 atom stereocenters. The average Bonchev–Trinajstić information content (AvgIpc) is 2.49. The van der Waals surface area contributed by atoms with E-state index >= 15 is 0 Å². The van der Waals surface area contributed by atoms with Gasteiger partial charge in [-0.25, -0.2) is 4.79 Å². The van der Waals surface area contributed by atoms with E-state index in [1.165, 1.54) is 32.1 Å². The molecule has 4 heteroatoms. The Balaban J connectivity index is 2.22. The zero-order chi connectivity index (χ0) is 15.4. The molecule has 1 aromatic rings. The van der Waals surface area contributed by atoms with E-state index in [0.717, 1.165) is 18.2 Å². The monoisotopic (exact) mass is 290 g/mol. The Morgan fingerprint density at radius 1 is 1.38 bits per heavy atom. The van der Waals surface area contributed by atoms with Gasteiger partial charge < -0.3 is 15.7 Å². The van der Waals surface area contributed by atoms with Gasteiger partial charge in [0.25, 0.3) is 0 Å². The number of nitrogens with two attached hydrogens (primary N) is 1. The first-order valence-electron chi connectivity index (χ1n) is 7.96. The van der Waals surface area contributed by atoms with Gasteiger partial charge in [0.05, 0.1) is 16.9 Å². The first-order chi connectivity index (χ1) is 10.1. The zero-order valence-corrected chi connectivity index (χ0v) is 13.0. The van der Waals surface area contributed by atoms with Crippen LogP contribution in [0.15, 0.2) is 18.2 Å². The van der Waals surface area contributed by atoms with Crippen LogP contribution in [0.5, 0.6) is 0 Å². The van der Waals surface area contributed by atoms with Gasteiger partial charge in [-0.05, 0) is 43.9 Å². The smallest absolute Gasteiger partial charge is 0.335 e. The molecule has 116 valence electrons. The first-order valence-corrected chi connectivity index (χ1v) is 7.96. The third-order valence-electron chi connectivity index (χ3n) is 4.70. The molecule has 0 amide bonds. The fourth-order valence-electron chi connectivity index (χ4n) is 3.49. The van der Waals surface area contributed by atoms with Crippen molar-refractivity contribution in [3.8, 4) is 0 Å². The summed E-state index contributed by atoms with van der Waals surface area (Å²) in [6.45, 7) is 5.30. The van der Waals surface area contributed by atoms with Crippen molar-refractivity contribution in [2.24, 2.45) is 5.92 Å². The molecule has 0 aliphatic heterocycles. The summed E-state index contributed by atoms with van der Waals surface area (Å²) in [6, 6.07) is 5.60. The van der Waals surface area contributed by atoms with E-state index in [9.17, 15) is 4.79 Å². The van der Waals surface area contributed by atoms with Crippen molar-refractivity contribution >= 4 is 17.3 Å². The molecule has 0 aromatic heterocycles. The molecule has 0 radical (unpaired) electrons. The SMILES string of the molecule is CCC1CCCC(N(CC)c2ccc(C(=O)O)cc2N)C1. The summed E-state index contributed by atoms with van der Waals surface area (Å²) in [4.78, 5) is 13.4. The molecule has 1 fully saturated rings. The number of carbonyl (C=O) groups is 1. The second-order valence-electron chi connectivity index (χ2n) is 5.96. The third kappa shape index (κ3) is 3.49. The average molecular weight is 290 g/mol. The Hall–Kier alpha value is -1.71. The molecule has 3 N–H and O–H groups in total. The van der Waals surface area contributed by atoms with Crippen molar-refractivity contribution in [2.75, 3.05) is 17.2 Å². The van der Waals surface area contributed by atoms with E-state index in [0.29, 0.717) is 11.7 Å². The topological polar surface area (TPSA) is 66.6 Å². The summed E-state index contributed by atoms with van der Waals surface area (Å²) >= 11 is 0. The summed E-state index contributed by atoms with van der Waals surface area (Å²) < 4.78 is 0. The Morgan fingerprint density at radius 2 is 2.14 bits per heavy atom.